The molecule has 1 amide bonds. The molecule has 1 aliphatic rings. The lowest BCUT2D eigenvalue weighted by molar-refractivity contribution is 0.0670. The lowest BCUT2D eigenvalue weighted by Gasteiger charge is -2.32. The maximum Gasteiger partial charge on any atom is 0.259 e. The smallest absolute Gasteiger partial charge is 0.259 e. The summed E-state index contributed by atoms with van der Waals surface area (Å²) in [6.07, 6.45) is 4.96. The van der Waals surface area contributed by atoms with E-state index in [9.17, 15) is 4.79 Å². The molecule has 0 N–H and O–H groups in total. The normalized spacial score (nSPS) is 20.6. The number of hydrogen-bond donors (Lipinski definition) is 0. The van der Waals surface area contributed by atoms with Crippen LogP contribution in [0.25, 0.3) is 0 Å². The number of aromatic nitrogens is 1. The molecule has 94 valence electrons. The van der Waals surface area contributed by atoms with Crippen molar-refractivity contribution < 1.29 is 9.32 Å². The molecule has 1 atom stereocenters. The monoisotopic (exact) mass is 300 g/mol. The molecule has 1 aliphatic heterocycles. The lowest BCUT2D eigenvalue weighted by Crippen LogP contribution is -2.40. The average Bonchev–Trinajstić information content (AvgIpc) is 2.75. The number of alkyl halides is 1. The molecule has 1 fully saturated rings. The summed E-state index contributed by atoms with van der Waals surface area (Å²) < 4.78 is 4.95. The molecule has 2 heterocycles. The van der Waals surface area contributed by atoms with Crippen LogP contribution < -0.4 is 0 Å². The van der Waals surface area contributed by atoms with Gasteiger partial charge in [0.25, 0.3) is 5.91 Å². The Morgan fingerprint density at radius 2 is 2.53 bits per heavy atom. The molecule has 2 rings (SSSR count). The van der Waals surface area contributed by atoms with Crippen molar-refractivity contribution in [3.05, 3.63) is 17.5 Å². The summed E-state index contributed by atoms with van der Waals surface area (Å²) in [4.78, 5) is 14.2. The van der Waals surface area contributed by atoms with Crippen molar-refractivity contribution >= 4 is 21.8 Å². The SMILES string of the molecule is Cc1oncc1C(=O)N1CCCC(CCBr)C1. The Morgan fingerprint density at radius 1 is 1.71 bits per heavy atom. The van der Waals surface area contributed by atoms with Crippen LogP contribution in [0.2, 0.25) is 0 Å². The van der Waals surface area contributed by atoms with Crippen LogP contribution in [0.5, 0.6) is 0 Å². The Kier molecular flexibility index (Phi) is 4.20. The van der Waals surface area contributed by atoms with E-state index in [-0.39, 0.29) is 5.91 Å². The molecular formula is C12H17BrN2O2. The third-order valence-electron chi connectivity index (χ3n) is 3.30. The van der Waals surface area contributed by atoms with Gasteiger partial charge in [-0.15, -0.1) is 0 Å². The minimum absolute atomic E-state index is 0.0584. The summed E-state index contributed by atoms with van der Waals surface area (Å²) in [6.45, 7) is 3.48. The fourth-order valence-electron chi connectivity index (χ4n) is 2.31. The Bertz CT molecular complexity index is 390. The van der Waals surface area contributed by atoms with E-state index in [1.54, 1.807) is 6.92 Å². The van der Waals surface area contributed by atoms with Crippen molar-refractivity contribution in [2.75, 3.05) is 18.4 Å². The van der Waals surface area contributed by atoms with Crippen LogP contribution in [-0.4, -0.2) is 34.4 Å². The van der Waals surface area contributed by atoms with E-state index in [0.29, 0.717) is 17.2 Å². The molecule has 1 saturated heterocycles. The number of aryl methyl sites for hydroxylation is 1. The maximum atomic E-state index is 12.2. The molecule has 0 radical (unpaired) electrons. The zero-order chi connectivity index (χ0) is 12.3. The standard InChI is InChI=1S/C12H17BrN2O2/c1-9-11(7-14-17-9)12(16)15-6-2-3-10(8-15)4-5-13/h7,10H,2-6,8H2,1H3. The Hall–Kier alpha value is -0.840. The van der Waals surface area contributed by atoms with Crippen molar-refractivity contribution in [1.82, 2.24) is 10.1 Å². The minimum Gasteiger partial charge on any atom is -0.361 e. The molecule has 1 aromatic heterocycles. The fraction of sp³-hybridized carbons (Fsp3) is 0.667. The van der Waals surface area contributed by atoms with Gasteiger partial charge in [0.2, 0.25) is 0 Å². The molecule has 0 saturated carbocycles. The minimum atomic E-state index is 0.0584. The second-order valence-corrected chi connectivity index (χ2v) is 5.33. The van der Waals surface area contributed by atoms with Gasteiger partial charge in [0.05, 0.1) is 6.20 Å². The third-order valence-corrected chi connectivity index (χ3v) is 3.76. The van der Waals surface area contributed by atoms with Crippen LogP contribution >= 0.6 is 15.9 Å². The summed E-state index contributed by atoms with van der Waals surface area (Å²) in [7, 11) is 0. The van der Waals surface area contributed by atoms with Crippen molar-refractivity contribution in [2.45, 2.75) is 26.2 Å². The Morgan fingerprint density at radius 3 is 3.18 bits per heavy atom. The summed E-state index contributed by atoms with van der Waals surface area (Å²) in [5.41, 5.74) is 0.601. The van der Waals surface area contributed by atoms with E-state index in [0.717, 1.165) is 31.3 Å². The van der Waals surface area contributed by atoms with Crippen molar-refractivity contribution in [3.63, 3.8) is 0 Å². The van der Waals surface area contributed by atoms with Gasteiger partial charge in [-0.05, 0) is 32.1 Å². The molecule has 17 heavy (non-hydrogen) atoms. The van der Waals surface area contributed by atoms with Gasteiger partial charge in [-0.25, -0.2) is 0 Å². The first-order valence-corrected chi connectivity index (χ1v) is 7.11. The fourth-order valence-corrected chi connectivity index (χ4v) is 2.96. The molecule has 1 aromatic rings. The molecule has 5 heteroatoms. The average molecular weight is 301 g/mol. The van der Waals surface area contributed by atoms with Crippen LogP contribution in [0.1, 0.15) is 35.4 Å². The van der Waals surface area contributed by atoms with E-state index in [1.807, 2.05) is 4.90 Å². The number of halogens is 1. The molecular weight excluding hydrogens is 284 g/mol. The van der Waals surface area contributed by atoms with Gasteiger partial charge >= 0.3 is 0 Å². The summed E-state index contributed by atoms with van der Waals surface area (Å²) in [5, 5.41) is 4.67. The zero-order valence-electron chi connectivity index (χ0n) is 9.99. The number of amides is 1. The highest BCUT2D eigenvalue weighted by Crippen LogP contribution is 2.22. The van der Waals surface area contributed by atoms with Gasteiger partial charge in [-0.2, -0.15) is 0 Å². The summed E-state index contributed by atoms with van der Waals surface area (Å²) >= 11 is 3.46. The largest absolute Gasteiger partial charge is 0.361 e. The summed E-state index contributed by atoms with van der Waals surface area (Å²) in [5.74, 6) is 1.29. The predicted molar refractivity (Wildman–Crippen MR) is 68.3 cm³/mol. The van der Waals surface area contributed by atoms with Crippen molar-refractivity contribution in [3.8, 4) is 0 Å². The lowest BCUT2D eigenvalue weighted by atomic mass is 9.95. The van der Waals surface area contributed by atoms with E-state index in [2.05, 4.69) is 21.1 Å². The van der Waals surface area contributed by atoms with E-state index < -0.39 is 0 Å². The molecule has 0 spiro atoms. The number of likely N-dealkylation sites (tertiary alicyclic amines) is 1. The molecule has 4 nitrogen and oxygen atoms in total. The Balaban J connectivity index is 2.02. The van der Waals surface area contributed by atoms with Gasteiger partial charge in [0, 0.05) is 18.4 Å². The number of rotatable bonds is 3. The third kappa shape index (κ3) is 2.89. The Labute approximate surface area is 109 Å². The topological polar surface area (TPSA) is 46.3 Å². The predicted octanol–water partition coefficient (Wildman–Crippen LogP) is 2.62. The number of carbonyl (C=O) groups excluding carboxylic acids is 1. The number of nitrogens with zero attached hydrogens (tertiary/aromatic N) is 2. The van der Waals surface area contributed by atoms with Gasteiger partial charge in [0.15, 0.2) is 0 Å². The van der Waals surface area contributed by atoms with Crippen LogP contribution in [0.15, 0.2) is 10.7 Å². The number of piperidine rings is 1. The maximum absolute atomic E-state index is 12.2. The van der Waals surface area contributed by atoms with Crippen LogP contribution in [0.3, 0.4) is 0 Å². The van der Waals surface area contributed by atoms with E-state index >= 15 is 0 Å². The molecule has 0 aliphatic carbocycles. The molecule has 0 aromatic carbocycles. The zero-order valence-corrected chi connectivity index (χ0v) is 11.6. The van der Waals surface area contributed by atoms with Crippen molar-refractivity contribution in [2.24, 2.45) is 5.92 Å². The first-order valence-electron chi connectivity index (χ1n) is 5.99. The number of hydrogen-bond acceptors (Lipinski definition) is 3. The second kappa shape index (κ2) is 5.67. The van der Waals surface area contributed by atoms with Crippen LogP contribution in [0.4, 0.5) is 0 Å². The van der Waals surface area contributed by atoms with Gasteiger partial charge in [-0.1, -0.05) is 21.1 Å². The number of carbonyl (C=O) groups is 1. The highest BCUT2D eigenvalue weighted by atomic mass is 79.9. The highest BCUT2D eigenvalue weighted by Gasteiger charge is 2.26. The first kappa shape index (κ1) is 12.6. The van der Waals surface area contributed by atoms with Gasteiger partial charge < -0.3 is 9.42 Å². The molecule has 1 unspecified atom stereocenters. The van der Waals surface area contributed by atoms with Crippen molar-refractivity contribution in [1.29, 1.82) is 0 Å². The van der Waals surface area contributed by atoms with E-state index in [4.69, 9.17) is 4.52 Å². The van der Waals surface area contributed by atoms with E-state index in [1.165, 1.54) is 12.6 Å². The van der Waals surface area contributed by atoms with Gasteiger partial charge in [-0.3, -0.25) is 4.79 Å². The first-order chi connectivity index (χ1) is 8.22. The quantitative estimate of drug-likeness (QED) is 0.806. The van der Waals surface area contributed by atoms with Crippen LogP contribution in [0, 0.1) is 12.8 Å². The second-order valence-electron chi connectivity index (χ2n) is 4.53. The van der Waals surface area contributed by atoms with Crippen LogP contribution in [-0.2, 0) is 0 Å². The highest BCUT2D eigenvalue weighted by molar-refractivity contribution is 9.09. The molecule has 0 bridgehead atoms. The van der Waals surface area contributed by atoms with Gasteiger partial charge in [0.1, 0.15) is 11.3 Å². The summed E-state index contributed by atoms with van der Waals surface area (Å²) in [6, 6.07) is 0.